The largest absolute Gasteiger partial charge is 0.496 e. The van der Waals surface area contributed by atoms with Crippen LogP contribution in [0.2, 0.25) is 0 Å². The number of hydrogen-bond acceptors (Lipinski definition) is 6. The molecule has 4 aromatic rings. The lowest BCUT2D eigenvalue weighted by atomic mass is 10.0. The van der Waals surface area contributed by atoms with E-state index in [0.29, 0.717) is 17.0 Å². The maximum absolute atomic E-state index is 13.3. The molecule has 0 radical (unpaired) electrons. The number of anilines is 1. The van der Waals surface area contributed by atoms with Crippen LogP contribution in [0.25, 0.3) is 16.8 Å². The highest BCUT2D eigenvalue weighted by Crippen LogP contribution is 2.33. The molecule has 0 saturated carbocycles. The number of methoxy groups -OCH3 is 1. The molecule has 1 aromatic heterocycles. The molecular formula is C25H20N4O5. The summed E-state index contributed by atoms with van der Waals surface area (Å²) in [5, 5.41) is 18.2. The fraction of sp³-hybridized carbons (Fsp3) is 0.0800. The number of para-hydroxylation sites is 2. The lowest BCUT2D eigenvalue weighted by Gasteiger charge is -2.19. The van der Waals surface area contributed by atoms with Gasteiger partial charge in [0.2, 0.25) is 5.43 Å². The van der Waals surface area contributed by atoms with Gasteiger partial charge in [-0.15, -0.1) is 0 Å². The van der Waals surface area contributed by atoms with E-state index in [9.17, 15) is 19.7 Å². The number of aromatic nitrogens is 2. The van der Waals surface area contributed by atoms with E-state index in [1.165, 1.54) is 36.1 Å². The number of amides is 1. The minimum absolute atomic E-state index is 0.135. The summed E-state index contributed by atoms with van der Waals surface area (Å²) in [4.78, 5) is 36.9. The summed E-state index contributed by atoms with van der Waals surface area (Å²) in [6, 6.07) is 21.2. The van der Waals surface area contributed by atoms with Gasteiger partial charge in [-0.3, -0.25) is 19.7 Å². The maximum Gasteiger partial charge on any atom is 0.269 e. The van der Waals surface area contributed by atoms with Gasteiger partial charge in [0, 0.05) is 23.3 Å². The summed E-state index contributed by atoms with van der Waals surface area (Å²) in [7, 11) is 1.50. The highest BCUT2D eigenvalue weighted by atomic mass is 16.6. The van der Waals surface area contributed by atoms with Gasteiger partial charge in [-0.05, 0) is 37.3 Å². The summed E-state index contributed by atoms with van der Waals surface area (Å²) in [6.07, 6.45) is 0. The molecule has 0 aliphatic rings. The number of carbonyl (C=O) groups excluding carboxylic acids is 1. The zero-order valence-corrected chi connectivity index (χ0v) is 18.4. The number of nitro benzene ring substituents is 1. The van der Waals surface area contributed by atoms with Crippen LogP contribution >= 0.6 is 0 Å². The second-order valence-electron chi connectivity index (χ2n) is 7.34. The van der Waals surface area contributed by atoms with Gasteiger partial charge in [-0.25, -0.2) is 4.68 Å². The molecule has 0 saturated heterocycles. The van der Waals surface area contributed by atoms with Crippen molar-refractivity contribution in [1.29, 1.82) is 0 Å². The highest BCUT2D eigenvalue weighted by molar-refractivity contribution is 6.06. The van der Waals surface area contributed by atoms with Gasteiger partial charge in [0.05, 0.1) is 23.3 Å². The fourth-order valence-electron chi connectivity index (χ4n) is 3.53. The minimum atomic E-state index is -0.555. The van der Waals surface area contributed by atoms with Gasteiger partial charge >= 0.3 is 0 Å². The molecule has 0 aliphatic heterocycles. The molecule has 9 heteroatoms. The Kier molecular flexibility index (Phi) is 6.18. The Morgan fingerprint density at radius 1 is 1.00 bits per heavy atom. The average molecular weight is 456 g/mol. The number of ether oxygens (including phenoxy) is 1. The van der Waals surface area contributed by atoms with E-state index in [0.717, 1.165) is 0 Å². The molecule has 1 N–H and O–H groups in total. The molecule has 3 aromatic carbocycles. The van der Waals surface area contributed by atoms with Crippen LogP contribution in [0.1, 0.15) is 16.1 Å². The fourth-order valence-corrected chi connectivity index (χ4v) is 3.53. The van der Waals surface area contributed by atoms with Crippen LogP contribution in [0.5, 0.6) is 5.75 Å². The zero-order chi connectivity index (χ0) is 24.2. The Morgan fingerprint density at radius 3 is 2.29 bits per heavy atom. The van der Waals surface area contributed by atoms with Crippen molar-refractivity contribution in [2.75, 3.05) is 12.4 Å². The number of benzene rings is 3. The summed E-state index contributed by atoms with van der Waals surface area (Å²) < 4.78 is 6.96. The van der Waals surface area contributed by atoms with Gasteiger partial charge < -0.3 is 10.1 Å². The van der Waals surface area contributed by atoms with Gasteiger partial charge in [0.25, 0.3) is 11.6 Å². The predicted molar refractivity (Wildman–Crippen MR) is 128 cm³/mol. The van der Waals surface area contributed by atoms with Crippen molar-refractivity contribution in [3.63, 3.8) is 0 Å². The Labute approximate surface area is 194 Å². The molecule has 0 fully saturated rings. The Morgan fingerprint density at radius 2 is 1.65 bits per heavy atom. The predicted octanol–water partition coefficient (Wildman–Crippen LogP) is 4.38. The van der Waals surface area contributed by atoms with E-state index in [1.54, 1.807) is 43.3 Å². The molecular weight excluding hydrogens is 436 g/mol. The Hall–Kier alpha value is -4.79. The third kappa shape index (κ3) is 4.26. The lowest BCUT2D eigenvalue weighted by molar-refractivity contribution is -0.384. The second kappa shape index (κ2) is 9.37. The molecule has 0 bridgehead atoms. The highest BCUT2D eigenvalue weighted by Gasteiger charge is 2.23. The summed E-state index contributed by atoms with van der Waals surface area (Å²) in [5.74, 6) is 0.0473. The van der Waals surface area contributed by atoms with Crippen LogP contribution in [0.15, 0.2) is 83.7 Å². The molecule has 4 rings (SSSR count). The molecule has 0 aliphatic carbocycles. The van der Waals surface area contributed by atoms with Crippen molar-refractivity contribution in [3.05, 3.63) is 110 Å². The van der Waals surface area contributed by atoms with Crippen molar-refractivity contribution >= 4 is 17.4 Å². The quantitative estimate of drug-likeness (QED) is 0.340. The van der Waals surface area contributed by atoms with E-state index in [2.05, 4.69) is 10.4 Å². The molecule has 9 nitrogen and oxygen atoms in total. The standard InChI is InChI=1S/C25H20N4O5/c1-16-23(30)22(20-10-6-7-11-21(20)34-2)24(28(27-16)18-8-4-3-5-9-18)26-25(31)17-12-14-19(15-13-17)29(32)33/h3-15H,1-2H3,(H,26,31). The van der Waals surface area contributed by atoms with Crippen molar-refractivity contribution in [2.24, 2.45) is 0 Å². The van der Waals surface area contributed by atoms with Crippen molar-refractivity contribution in [3.8, 4) is 22.6 Å². The number of nitrogens with zero attached hydrogens (tertiary/aromatic N) is 3. The summed E-state index contributed by atoms with van der Waals surface area (Å²) in [6.45, 7) is 1.60. The molecule has 1 heterocycles. The van der Waals surface area contributed by atoms with E-state index in [-0.39, 0.29) is 33.8 Å². The average Bonchev–Trinajstić information content (AvgIpc) is 2.87. The third-order valence-corrected chi connectivity index (χ3v) is 5.20. The minimum Gasteiger partial charge on any atom is -0.496 e. The van der Waals surface area contributed by atoms with Crippen LogP contribution < -0.4 is 15.5 Å². The summed E-state index contributed by atoms with van der Waals surface area (Å²) >= 11 is 0. The third-order valence-electron chi connectivity index (χ3n) is 5.20. The van der Waals surface area contributed by atoms with Crippen molar-refractivity contribution in [1.82, 2.24) is 9.78 Å². The number of hydrogen-bond donors (Lipinski definition) is 1. The Balaban J connectivity index is 1.93. The van der Waals surface area contributed by atoms with Gasteiger partial charge in [-0.1, -0.05) is 36.4 Å². The van der Waals surface area contributed by atoms with Crippen LogP contribution in [0, 0.1) is 17.0 Å². The summed E-state index contributed by atoms with van der Waals surface area (Å²) in [5.41, 5.74) is 1.25. The van der Waals surface area contributed by atoms with Gasteiger partial charge in [0.1, 0.15) is 17.3 Å². The smallest absolute Gasteiger partial charge is 0.269 e. The number of non-ortho nitro benzene ring substituents is 1. The van der Waals surface area contributed by atoms with E-state index < -0.39 is 10.8 Å². The first-order chi connectivity index (χ1) is 16.4. The van der Waals surface area contributed by atoms with Crippen LogP contribution in [-0.2, 0) is 0 Å². The van der Waals surface area contributed by atoms with E-state index in [1.807, 2.05) is 18.2 Å². The first-order valence-corrected chi connectivity index (χ1v) is 10.3. The molecule has 0 spiro atoms. The van der Waals surface area contributed by atoms with E-state index in [4.69, 9.17) is 4.74 Å². The zero-order valence-electron chi connectivity index (χ0n) is 18.4. The number of nitro groups is 1. The van der Waals surface area contributed by atoms with Gasteiger partial charge in [-0.2, -0.15) is 5.10 Å². The monoisotopic (exact) mass is 456 g/mol. The van der Waals surface area contributed by atoms with Gasteiger partial charge in [0.15, 0.2) is 0 Å². The number of aryl methyl sites for hydroxylation is 1. The maximum atomic E-state index is 13.3. The molecule has 34 heavy (non-hydrogen) atoms. The molecule has 1 amide bonds. The SMILES string of the molecule is COc1ccccc1-c1c(NC(=O)c2ccc([N+](=O)[O-])cc2)n(-c2ccccc2)nc(C)c1=O. The normalized spacial score (nSPS) is 10.5. The molecule has 0 atom stereocenters. The topological polar surface area (TPSA) is 116 Å². The molecule has 0 unspecified atom stereocenters. The van der Waals surface area contributed by atoms with Crippen LogP contribution in [0.4, 0.5) is 11.5 Å². The van der Waals surface area contributed by atoms with Crippen molar-refractivity contribution in [2.45, 2.75) is 6.92 Å². The first kappa shape index (κ1) is 22.4. The molecule has 170 valence electrons. The van der Waals surface area contributed by atoms with Crippen LogP contribution in [-0.4, -0.2) is 27.7 Å². The second-order valence-corrected chi connectivity index (χ2v) is 7.34. The number of nitrogens with one attached hydrogen (secondary N) is 1. The first-order valence-electron chi connectivity index (χ1n) is 10.3. The van der Waals surface area contributed by atoms with E-state index >= 15 is 0 Å². The number of carbonyl (C=O) groups is 1. The number of rotatable bonds is 6. The lowest BCUT2D eigenvalue weighted by Crippen LogP contribution is -2.25. The Bertz CT molecular complexity index is 1430. The van der Waals surface area contributed by atoms with Crippen LogP contribution in [0.3, 0.4) is 0 Å². The van der Waals surface area contributed by atoms with Crippen molar-refractivity contribution < 1.29 is 14.5 Å².